The Kier molecular flexibility index (Phi) is 6.09. The number of hydrogen-bond acceptors (Lipinski definition) is 2. The quantitative estimate of drug-likeness (QED) is 0.748. The molecule has 2 nitrogen and oxygen atoms in total. The first-order valence-corrected chi connectivity index (χ1v) is 7.71. The van der Waals surface area contributed by atoms with Crippen molar-refractivity contribution < 1.29 is 4.74 Å². The molecule has 3 heteroatoms. The van der Waals surface area contributed by atoms with Gasteiger partial charge in [0.25, 0.3) is 0 Å². The van der Waals surface area contributed by atoms with E-state index >= 15 is 0 Å². The average molecular weight is 304 g/mol. The number of methoxy groups -OCH3 is 1. The molecule has 112 valence electrons. The monoisotopic (exact) mass is 303 g/mol. The highest BCUT2D eigenvalue weighted by Gasteiger charge is 2.06. The Morgan fingerprint density at radius 1 is 1.10 bits per heavy atom. The first kappa shape index (κ1) is 15.9. The first-order valence-electron chi connectivity index (χ1n) is 7.33. The van der Waals surface area contributed by atoms with Gasteiger partial charge in [0.15, 0.2) is 0 Å². The summed E-state index contributed by atoms with van der Waals surface area (Å²) in [4.78, 5) is 0. The average Bonchev–Trinajstić information content (AvgIpc) is 2.51. The van der Waals surface area contributed by atoms with Gasteiger partial charge in [-0.05, 0) is 54.7 Å². The molecule has 0 amide bonds. The maximum absolute atomic E-state index is 6.25. The number of nitrogens with two attached hydrogens (primary N) is 1. The molecular weight excluding hydrogens is 282 g/mol. The highest BCUT2D eigenvalue weighted by molar-refractivity contribution is 6.30. The second-order valence-corrected chi connectivity index (χ2v) is 5.70. The minimum atomic E-state index is 0.0689. The molecule has 2 rings (SSSR count). The molecule has 0 radical (unpaired) electrons. The Balaban J connectivity index is 1.77. The van der Waals surface area contributed by atoms with Crippen LogP contribution >= 0.6 is 11.6 Å². The Bertz CT molecular complexity index is 571. The molecule has 1 atom stereocenters. The predicted molar refractivity (Wildman–Crippen MR) is 88.9 cm³/mol. The largest absolute Gasteiger partial charge is 0.497 e. The van der Waals surface area contributed by atoms with Crippen LogP contribution in [0.1, 0.15) is 36.4 Å². The molecule has 0 unspecified atom stereocenters. The maximum Gasteiger partial charge on any atom is 0.119 e. The molecule has 2 aromatic rings. The molecule has 0 aliphatic heterocycles. The van der Waals surface area contributed by atoms with E-state index in [4.69, 9.17) is 22.1 Å². The normalized spacial score (nSPS) is 12.1. The summed E-state index contributed by atoms with van der Waals surface area (Å²) in [5, 5.41) is 0.806. The molecule has 0 saturated carbocycles. The Morgan fingerprint density at radius 2 is 1.90 bits per heavy atom. The standard InChI is InChI=1S/C18H22ClNO/c1-21-17-10-5-8-15(13-17)18(20)11-3-2-6-14-7-4-9-16(19)12-14/h4-5,7-10,12-13,18H,2-3,6,11,20H2,1H3/t18-/m1/s1. The van der Waals surface area contributed by atoms with Crippen molar-refractivity contribution in [3.8, 4) is 5.75 Å². The van der Waals surface area contributed by atoms with Gasteiger partial charge in [0.2, 0.25) is 0 Å². The summed E-state index contributed by atoms with van der Waals surface area (Å²) in [5.41, 5.74) is 8.67. The smallest absolute Gasteiger partial charge is 0.119 e. The van der Waals surface area contributed by atoms with Crippen molar-refractivity contribution in [2.24, 2.45) is 5.73 Å². The lowest BCUT2D eigenvalue weighted by atomic mass is 9.99. The number of rotatable bonds is 7. The Hall–Kier alpha value is -1.51. The summed E-state index contributed by atoms with van der Waals surface area (Å²) in [6, 6.07) is 16.1. The van der Waals surface area contributed by atoms with Gasteiger partial charge in [-0.1, -0.05) is 42.3 Å². The number of hydrogen-bond donors (Lipinski definition) is 1. The van der Waals surface area contributed by atoms with Crippen LogP contribution in [0.3, 0.4) is 0 Å². The van der Waals surface area contributed by atoms with Gasteiger partial charge in [0.1, 0.15) is 5.75 Å². The van der Waals surface area contributed by atoms with E-state index in [2.05, 4.69) is 12.1 Å². The van der Waals surface area contributed by atoms with E-state index in [9.17, 15) is 0 Å². The van der Waals surface area contributed by atoms with Gasteiger partial charge in [0, 0.05) is 11.1 Å². The summed E-state index contributed by atoms with van der Waals surface area (Å²) < 4.78 is 5.23. The molecule has 0 spiro atoms. The van der Waals surface area contributed by atoms with Crippen molar-refractivity contribution in [1.82, 2.24) is 0 Å². The van der Waals surface area contributed by atoms with E-state index in [0.29, 0.717) is 0 Å². The molecule has 0 saturated heterocycles. The lowest BCUT2D eigenvalue weighted by molar-refractivity contribution is 0.413. The third kappa shape index (κ3) is 5.07. The van der Waals surface area contributed by atoms with Crippen LogP contribution in [0.5, 0.6) is 5.75 Å². The highest BCUT2D eigenvalue weighted by Crippen LogP contribution is 2.22. The van der Waals surface area contributed by atoms with Gasteiger partial charge in [-0.15, -0.1) is 0 Å². The predicted octanol–water partition coefficient (Wildman–Crippen LogP) is 4.76. The van der Waals surface area contributed by atoms with Gasteiger partial charge in [-0.2, -0.15) is 0 Å². The number of halogens is 1. The molecular formula is C18H22ClNO. The van der Waals surface area contributed by atoms with Gasteiger partial charge >= 0.3 is 0 Å². The molecule has 21 heavy (non-hydrogen) atoms. The third-order valence-corrected chi connectivity index (χ3v) is 3.88. The molecule has 0 heterocycles. The Labute approximate surface area is 131 Å². The molecule has 0 aliphatic carbocycles. The van der Waals surface area contributed by atoms with E-state index in [1.807, 2.05) is 36.4 Å². The molecule has 0 aromatic heterocycles. The SMILES string of the molecule is COc1cccc([C@H](N)CCCCc2cccc(Cl)c2)c1. The first-order chi connectivity index (χ1) is 10.2. The number of aryl methyl sites for hydroxylation is 1. The van der Waals surface area contributed by atoms with Crippen LogP contribution in [-0.4, -0.2) is 7.11 Å². The van der Waals surface area contributed by atoms with E-state index in [1.54, 1.807) is 7.11 Å². The fourth-order valence-corrected chi connectivity index (χ4v) is 2.64. The lowest BCUT2D eigenvalue weighted by Crippen LogP contribution is -2.10. The second-order valence-electron chi connectivity index (χ2n) is 5.26. The number of ether oxygens (including phenoxy) is 1. The zero-order valence-electron chi connectivity index (χ0n) is 12.4. The zero-order chi connectivity index (χ0) is 15.1. The summed E-state index contributed by atoms with van der Waals surface area (Å²) in [5.74, 6) is 0.863. The highest BCUT2D eigenvalue weighted by atomic mass is 35.5. The van der Waals surface area contributed by atoms with E-state index in [-0.39, 0.29) is 6.04 Å². The number of benzene rings is 2. The molecule has 0 aliphatic rings. The van der Waals surface area contributed by atoms with E-state index in [1.165, 1.54) is 5.56 Å². The summed E-state index contributed by atoms with van der Waals surface area (Å²) in [6.07, 6.45) is 4.25. The van der Waals surface area contributed by atoms with Crippen molar-refractivity contribution in [3.05, 3.63) is 64.7 Å². The zero-order valence-corrected chi connectivity index (χ0v) is 13.1. The summed E-state index contributed by atoms with van der Waals surface area (Å²) in [6.45, 7) is 0. The van der Waals surface area contributed by atoms with Crippen molar-refractivity contribution in [2.45, 2.75) is 31.7 Å². The van der Waals surface area contributed by atoms with Crippen LogP contribution in [0.2, 0.25) is 5.02 Å². The van der Waals surface area contributed by atoms with E-state index < -0.39 is 0 Å². The fraction of sp³-hybridized carbons (Fsp3) is 0.333. The van der Waals surface area contributed by atoms with Crippen LogP contribution in [0.15, 0.2) is 48.5 Å². The maximum atomic E-state index is 6.25. The minimum absolute atomic E-state index is 0.0689. The van der Waals surface area contributed by atoms with Crippen LogP contribution in [0.25, 0.3) is 0 Å². The molecule has 0 bridgehead atoms. The van der Waals surface area contributed by atoms with Gasteiger partial charge in [0.05, 0.1) is 7.11 Å². The van der Waals surface area contributed by atoms with Crippen LogP contribution < -0.4 is 10.5 Å². The molecule has 0 fully saturated rings. The van der Waals surface area contributed by atoms with Gasteiger partial charge in [-0.3, -0.25) is 0 Å². The van der Waals surface area contributed by atoms with Crippen molar-refractivity contribution >= 4 is 11.6 Å². The lowest BCUT2D eigenvalue weighted by Gasteiger charge is -2.13. The van der Waals surface area contributed by atoms with Crippen LogP contribution in [0.4, 0.5) is 0 Å². The minimum Gasteiger partial charge on any atom is -0.497 e. The Morgan fingerprint density at radius 3 is 2.67 bits per heavy atom. The summed E-state index contributed by atoms with van der Waals surface area (Å²) >= 11 is 5.98. The molecule has 2 N–H and O–H groups in total. The van der Waals surface area contributed by atoms with Gasteiger partial charge < -0.3 is 10.5 Å². The van der Waals surface area contributed by atoms with Crippen molar-refractivity contribution in [1.29, 1.82) is 0 Å². The van der Waals surface area contributed by atoms with Gasteiger partial charge in [-0.25, -0.2) is 0 Å². The third-order valence-electron chi connectivity index (χ3n) is 3.64. The van der Waals surface area contributed by atoms with E-state index in [0.717, 1.165) is 42.0 Å². The topological polar surface area (TPSA) is 35.2 Å². The molecule has 2 aromatic carbocycles. The fourth-order valence-electron chi connectivity index (χ4n) is 2.42. The van der Waals surface area contributed by atoms with Crippen molar-refractivity contribution in [2.75, 3.05) is 7.11 Å². The van der Waals surface area contributed by atoms with Crippen molar-refractivity contribution in [3.63, 3.8) is 0 Å². The second kappa shape index (κ2) is 8.06. The van der Waals surface area contributed by atoms with Crippen LogP contribution in [0, 0.1) is 0 Å². The van der Waals surface area contributed by atoms with Crippen LogP contribution in [-0.2, 0) is 6.42 Å². The summed E-state index contributed by atoms with van der Waals surface area (Å²) in [7, 11) is 1.68. The number of unbranched alkanes of at least 4 members (excludes halogenated alkanes) is 1.